The Bertz CT molecular complexity index is 475. The van der Waals surface area contributed by atoms with Crippen molar-refractivity contribution in [3.05, 3.63) is 34.9 Å². The zero-order chi connectivity index (χ0) is 13.8. The molecular formula is C15H24O2S. The minimum absolute atomic E-state index is 0.216. The van der Waals surface area contributed by atoms with Crippen molar-refractivity contribution in [2.75, 3.05) is 5.75 Å². The minimum Gasteiger partial charge on any atom is -0.228 e. The lowest BCUT2D eigenvalue weighted by atomic mass is 10.1. The number of allylic oxidation sites excluding steroid dienone is 4. The van der Waals surface area contributed by atoms with Crippen LogP contribution in [-0.4, -0.2) is 19.4 Å². The van der Waals surface area contributed by atoms with E-state index >= 15 is 0 Å². The van der Waals surface area contributed by atoms with Gasteiger partial charge in [0.2, 0.25) is 0 Å². The summed E-state index contributed by atoms with van der Waals surface area (Å²) in [4.78, 5) is 0. The number of rotatable bonds is 5. The molecule has 0 saturated carbocycles. The van der Waals surface area contributed by atoms with E-state index in [9.17, 15) is 8.42 Å². The van der Waals surface area contributed by atoms with Gasteiger partial charge in [-0.3, -0.25) is 0 Å². The monoisotopic (exact) mass is 268 g/mol. The molecule has 0 N–H and O–H groups in total. The van der Waals surface area contributed by atoms with E-state index in [1.807, 2.05) is 13.0 Å². The maximum absolute atomic E-state index is 11.8. The Kier molecular flexibility index (Phi) is 5.39. The molecule has 1 heterocycles. The maximum atomic E-state index is 11.8. The van der Waals surface area contributed by atoms with E-state index in [0.717, 1.165) is 18.4 Å². The average molecular weight is 268 g/mol. The van der Waals surface area contributed by atoms with E-state index in [0.29, 0.717) is 6.42 Å². The fourth-order valence-corrected chi connectivity index (χ4v) is 3.89. The molecule has 1 aliphatic rings. The Labute approximate surface area is 111 Å². The lowest BCUT2D eigenvalue weighted by molar-refractivity contribution is 0.592. The van der Waals surface area contributed by atoms with Gasteiger partial charge in [0.05, 0.1) is 11.0 Å². The highest BCUT2D eigenvalue weighted by molar-refractivity contribution is 7.92. The zero-order valence-corrected chi connectivity index (χ0v) is 12.7. The third-order valence-corrected chi connectivity index (χ3v) is 5.41. The molecule has 0 bridgehead atoms. The molecule has 1 aliphatic heterocycles. The Morgan fingerprint density at radius 1 is 1.33 bits per heavy atom. The first kappa shape index (κ1) is 15.2. The van der Waals surface area contributed by atoms with E-state index in [1.165, 1.54) is 11.1 Å². The fraction of sp³-hybridized carbons (Fsp3) is 0.600. The van der Waals surface area contributed by atoms with Crippen LogP contribution in [0, 0.1) is 0 Å². The van der Waals surface area contributed by atoms with Crippen LogP contribution < -0.4 is 0 Å². The summed E-state index contributed by atoms with van der Waals surface area (Å²) in [5.74, 6) is 0.216. The zero-order valence-electron chi connectivity index (χ0n) is 11.9. The Hall–Kier alpha value is -0.830. The van der Waals surface area contributed by atoms with Crippen LogP contribution in [0.15, 0.2) is 34.9 Å². The lowest BCUT2D eigenvalue weighted by Gasteiger charge is -2.09. The van der Waals surface area contributed by atoms with Gasteiger partial charge in [-0.25, -0.2) is 8.42 Å². The summed E-state index contributed by atoms with van der Waals surface area (Å²) < 4.78 is 23.6. The average Bonchev–Trinajstić information content (AvgIpc) is 2.50. The quantitative estimate of drug-likeness (QED) is 0.710. The highest BCUT2D eigenvalue weighted by atomic mass is 32.2. The summed E-state index contributed by atoms with van der Waals surface area (Å²) in [6.07, 6.45) is 8.83. The van der Waals surface area contributed by atoms with Crippen LogP contribution in [0.2, 0.25) is 0 Å². The molecule has 0 saturated heterocycles. The largest absolute Gasteiger partial charge is 0.228 e. The topological polar surface area (TPSA) is 34.1 Å². The standard InChI is InChI=1S/C15H24O2S/c1-12(2)6-5-7-13(3)8-9-15-14(4)10-11-18(15,16)17/h6,8,10,15H,5,7,9,11H2,1-4H3/b13-8+/t15-/m1/s1. The molecule has 0 unspecified atom stereocenters. The first-order chi connectivity index (χ1) is 8.33. The minimum atomic E-state index is -2.91. The van der Waals surface area contributed by atoms with Gasteiger partial charge in [-0.2, -0.15) is 0 Å². The molecule has 0 aromatic carbocycles. The smallest absolute Gasteiger partial charge is 0.160 e. The Morgan fingerprint density at radius 3 is 2.50 bits per heavy atom. The summed E-state index contributed by atoms with van der Waals surface area (Å²) in [5, 5.41) is -0.282. The van der Waals surface area contributed by atoms with Gasteiger partial charge in [0, 0.05) is 0 Å². The van der Waals surface area contributed by atoms with Crippen LogP contribution in [0.5, 0.6) is 0 Å². The van der Waals surface area contributed by atoms with Crippen LogP contribution >= 0.6 is 0 Å². The maximum Gasteiger partial charge on any atom is 0.160 e. The summed E-state index contributed by atoms with van der Waals surface area (Å²) in [6.45, 7) is 8.19. The predicted octanol–water partition coefficient (Wildman–Crippen LogP) is 3.81. The van der Waals surface area contributed by atoms with Crippen molar-refractivity contribution in [2.45, 2.75) is 52.2 Å². The van der Waals surface area contributed by atoms with Gasteiger partial charge in [0.1, 0.15) is 0 Å². The van der Waals surface area contributed by atoms with E-state index in [1.54, 1.807) is 0 Å². The molecule has 0 aromatic rings. The number of hydrogen-bond donors (Lipinski definition) is 0. The van der Waals surface area contributed by atoms with Crippen molar-refractivity contribution >= 4 is 9.84 Å². The molecule has 1 rings (SSSR count). The first-order valence-electron chi connectivity index (χ1n) is 6.50. The van der Waals surface area contributed by atoms with Crippen LogP contribution in [0.1, 0.15) is 47.0 Å². The van der Waals surface area contributed by atoms with Crippen LogP contribution in [-0.2, 0) is 9.84 Å². The van der Waals surface area contributed by atoms with Crippen molar-refractivity contribution in [3.63, 3.8) is 0 Å². The van der Waals surface area contributed by atoms with Crippen molar-refractivity contribution < 1.29 is 8.42 Å². The molecule has 0 amide bonds. The second-order valence-corrected chi connectivity index (χ2v) is 7.60. The van der Waals surface area contributed by atoms with Gasteiger partial charge in [0.15, 0.2) is 9.84 Å². The molecule has 102 valence electrons. The van der Waals surface area contributed by atoms with Crippen molar-refractivity contribution in [3.8, 4) is 0 Å². The Morgan fingerprint density at radius 2 is 2.00 bits per heavy atom. The van der Waals surface area contributed by atoms with Gasteiger partial charge in [0.25, 0.3) is 0 Å². The normalized spacial score (nSPS) is 22.8. The molecular weight excluding hydrogens is 244 g/mol. The van der Waals surface area contributed by atoms with Crippen molar-refractivity contribution in [1.29, 1.82) is 0 Å². The molecule has 0 aromatic heterocycles. The second-order valence-electron chi connectivity index (χ2n) is 5.37. The van der Waals surface area contributed by atoms with Crippen LogP contribution in [0.3, 0.4) is 0 Å². The summed E-state index contributed by atoms with van der Waals surface area (Å²) in [5.41, 5.74) is 3.62. The molecule has 1 atom stereocenters. The van der Waals surface area contributed by atoms with Gasteiger partial charge in [-0.15, -0.1) is 0 Å². The van der Waals surface area contributed by atoms with Gasteiger partial charge >= 0.3 is 0 Å². The van der Waals surface area contributed by atoms with E-state index in [4.69, 9.17) is 0 Å². The SMILES string of the molecule is CC(C)=CCC/C(C)=C/C[C@@H]1C(C)=CCS1(=O)=O. The number of sulfone groups is 1. The third kappa shape index (κ3) is 4.45. The van der Waals surface area contributed by atoms with E-state index in [-0.39, 0.29) is 11.0 Å². The first-order valence-corrected chi connectivity index (χ1v) is 8.21. The second kappa shape index (κ2) is 6.37. The van der Waals surface area contributed by atoms with Crippen molar-refractivity contribution in [1.82, 2.24) is 0 Å². The number of hydrogen-bond acceptors (Lipinski definition) is 2. The van der Waals surface area contributed by atoms with Crippen LogP contribution in [0.4, 0.5) is 0 Å². The fourth-order valence-electron chi connectivity index (χ4n) is 2.11. The highest BCUT2D eigenvalue weighted by Crippen LogP contribution is 2.24. The Balaban J connectivity index is 2.53. The highest BCUT2D eigenvalue weighted by Gasteiger charge is 2.30. The van der Waals surface area contributed by atoms with Gasteiger partial charge in [-0.1, -0.05) is 34.9 Å². The van der Waals surface area contributed by atoms with E-state index in [2.05, 4.69) is 32.9 Å². The molecule has 0 fully saturated rings. The van der Waals surface area contributed by atoms with Crippen LogP contribution in [0.25, 0.3) is 0 Å². The van der Waals surface area contributed by atoms with E-state index < -0.39 is 9.84 Å². The molecule has 0 radical (unpaired) electrons. The summed E-state index contributed by atoms with van der Waals surface area (Å²) >= 11 is 0. The molecule has 0 spiro atoms. The molecule has 2 nitrogen and oxygen atoms in total. The van der Waals surface area contributed by atoms with Crippen molar-refractivity contribution in [2.24, 2.45) is 0 Å². The predicted molar refractivity (Wildman–Crippen MR) is 78.4 cm³/mol. The third-order valence-electron chi connectivity index (χ3n) is 3.35. The van der Waals surface area contributed by atoms with Gasteiger partial charge in [-0.05, 0) is 47.0 Å². The van der Waals surface area contributed by atoms with Gasteiger partial charge < -0.3 is 0 Å². The molecule has 18 heavy (non-hydrogen) atoms. The lowest BCUT2D eigenvalue weighted by Crippen LogP contribution is -2.18. The molecule has 3 heteroatoms. The summed E-state index contributed by atoms with van der Waals surface area (Å²) in [7, 11) is -2.91. The summed E-state index contributed by atoms with van der Waals surface area (Å²) in [6, 6.07) is 0. The molecule has 0 aliphatic carbocycles.